The number of aryl methyl sites for hydroxylation is 1. The smallest absolute Gasteiger partial charge is 0.322 e. The van der Waals surface area contributed by atoms with Crippen LogP contribution in [-0.2, 0) is 11.8 Å². The van der Waals surface area contributed by atoms with Crippen LogP contribution in [0, 0.1) is 0 Å². The van der Waals surface area contributed by atoms with E-state index in [9.17, 15) is 4.79 Å². The summed E-state index contributed by atoms with van der Waals surface area (Å²) in [6, 6.07) is 0. The topological polar surface area (TPSA) is 106 Å². The number of carboxylic acids is 1. The summed E-state index contributed by atoms with van der Waals surface area (Å²) in [5.41, 5.74) is 1.12. The summed E-state index contributed by atoms with van der Waals surface area (Å²) >= 11 is 0. The van der Waals surface area contributed by atoms with E-state index >= 15 is 0 Å². The highest BCUT2D eigenvalue weighted by atomic mass is 16.4. The second kappa shape index (κ2) is 3.48. The molecule has 0 aliphatic rings. The van der Waals surface area contributed by atoms with E-state index in [0.29, 0.717) is 11.2 Å². The fourth-order valence-corrected chi connectivity index (χ4v) is 1.07. The standard InChI is InChI=1S/C7H8N6O2/c1-13-6-4(11-12-13)2-8-7(10-6)9-3-5(14)15/h2H,3H2,1H3,(H,14,15)(H,8,9,10). The molecule has 0 saturated carbocycles. The zero-order valence-corrected chi connectivity index (χ0v) is 7.88. The molecule has 15 heavy (non-hydrogen) atoms. The lowest BCUT2D eigenvalue weighted by Gasteiger charge is -2.00. The molecule has 78 valence electrons. The number of aromatic nitrogens is 5. The number of nitrogens with zero attached hydrogens (tertiary/aromatic N) is 5. The van der Waals surface area contributed by atoms with Crippen LogP contribution in [0.1, 0.15) is 0 Å². The average molecular weight is 208 g/mol. The van der Waals surface area contributed by atoms with Crippen molar-refractivity contribution >= 4 is 23.1 Å². The Morgan fingerprint density at radius 2 is 2.47 bits per heavy atom. The number of anilines is 1. The highest BCUT2D eigenvalue weighted by Crippen LogP contribution is 2.07. The van der Waals surface area contributed by atoms with Crippen LogP contribution in [0.5, 0.6) is 0 Å². The molecule has 0 bridgehead atoms. The first-order valence-electron chi connectivity index (χ1n) is 4.15. The van der Waals surface area contributed by atoms with Gasteiger partial charge in [-0.15, -0.1) is 5.10 Å². The van der Waals surface area contributed by atoms with Crippen molar-refractivity contribution in [2.75, 3.05) is 11.9 Å². The molecule has 8 nitrogen and oxygen atoms in total. The number of hydrogen-bond acceptors (Lipinski definition) is 6. The zero-order chi connectivity index (χ0) is 10.8. The Hall–Kier alpha value is -2.25. The van der Waals surface area contributed by atoms with Gasteiger partial charge in [-0.25, -0.2) is 9.67 Å². The van der Waals surface area contributed by atoms with Gasteiger partial charge < -0.3 is 10.4 Å². The van der Waals surface area contributed by atoms with Gasteiger partial charge in [-0.2, -0.15) is 4.98 Å². The molecule has 2 heterocycles. The van der Waals surface area contributed by atoms with Crippen LogP contribution in [0.3, 0.4) is 0 Å². The first kappa shape index (κ1) is 9.31. The Morgan fingerprint density at radius 1 is 1.67 bits per heavy atom. The van der Waals surface area contributed by atoms with Crippen LogP contribution in [0.25, 0.3) is 11.2 Å². The minimum atomic E-state index is -0.971. The predicted molar refractivity (Wildman–Crippen MR) is 50.2 cm³/mol. The molecule has 0 atom stereocenters. The largest absolute Gasteiger partial charge is 0.480 e. The Morgan fingerprint density at radius 3 is 3.20 bits per heavy atom. The van der Waals surface area contributed by atoms with Gasteiger partial charge in [0.1, 0.15) is 6.54 Å². The summed E-state index contributed by atoms with van der Waals surface area (Å²) < 4.78 is 1.49. The van der Waals surface area contributed by atoms with Crippen LogP contribution in [0.15, 0.2) is 6.20 Å². The highest BCUT2D eigenvalue weighted by molar-refractivity contribution is 5.73. The van der Waals surface area contributed by atoms with E-state index in [1.807, 2.05) is 0 Å². The third-order valence-corrected chi connectivity index (χ3v) is 1.74. The van der Waals surface area contributed by atoms with Crippen molar-refractivity contribution < 1.29 is 9.90 Å². The summed E-state index contributed by atoms with van der Waals surface area (Å²) in [4.78, 5) is 18.3. The lowest BCUT2D eigenvalue weighted by atomic mass is 10.5. The van der Waals surface area contributed by atoms with Gasteiger partial charge in [-0.3, -0.25) is 4.79 Å². The fraction of sp³-hybridized carbons (Fsp3) is 0.286. The summed E-state index contributed by atoms with van der Waals surface area (Å²) in [5.74, 6) is -0.725. The molecule has 0 spiro atoms. The maximum Gasteiger partial charge on any atom is 0.322 e. The van der Waals surface area contributed by atoms with Crippen LogP contribution in [0.2, 0.25) is 0 Å². The van der Waals surface area contributed by atoms with Gasteiger partial charge in [0.15, 0.2) is 11.2 Å². The number of rotatable bonds is 3. The zero-order valence-electron chi connectivity index (χ0n) is 7.88. The number of aliphatic carboxylic acids is 1. The van der Waals surface area contributed by atoms with Crippen molar-refractivity contribution in [3.05, 3.63) is 6.20 Å². The van der Waals surface area contributed by atoms with Gasteiger partial charge in [-0.1, -0.05) is 5.21 Å². The average Bonchev–Trinajstić information content (AvgIpc) is 2.57. The maximum atomic E-state index is 10.3. The molecular weight excluding hydrogens is 200 g/mol. The normalized spacial score (nSPS) is 10.5. The van der Waals surface area contributed by atoms with E-state index in [1.165, 1.54) is 10.9 Å². The third-order valence-electron chi connectivity index (χ3n) is 1.74. The summed E-state index contributed by atoms with van der Waals surface area (Å²) in [7, 11) is 1.70. The van der Waals surface area contributed by atoms with Crippen molar-refractivity contribution in [1.82, 2.24) is 25.0 Å². The number of hydrogen-bond donors (Lipinski definition) is 2. The van der Waals surface area contributed by atoms with E-state index in [0.717, 1.165) is 0 Å². The van der Waals surface area contributed by atoms with Crippen LogP contribution in [0.4, 0.5) is 5.95 Å². The maximum absolute atomic E-state index is 10.3. The van der Waals surface area contributed by atoms with Crippen LogP contribution < -0.4 is 5.32 Å². The van der Waals surface area contributed by atoms with Crippen molar-refractivity contribution in [1.29, 1.82) is 0 Å². The molecular formula is C7H8N6O2. The molecule has 0 aliphatic carbocycles. The number of fused-ring (bicyclic) bond motifs is 1. The summed E-state index contributed by atoms with van der Waals surface area (Å²) in [5, 5.41) is 18.6. The molecule has 2 rings (SSSR count). The fourth-order valence-electron chi connectivity index (χ4n) is 1.07. The molecule has 0 radical (unpaired) electrons. The molecule has 0 unspecified atom stereocenters. The Bertz CT molecular complexity index is 507. The van der Waals surface area contributed by atoms with Crippen molar-refractivity contribution in [2.45, 2.75) is 0 Å². The summed E-state index contributed by atoms with van der Waals surface area (Å²) in [6.07, 6.45) is 1.49. The lowest BCUT2D eigenvalue weighted by Crippen LogP contribution is -2.14. The Labute approximate surface area is 83.9 Å². The first-order chi connectivity index (χ1) is 7.16. The third kappa shape index (κ3) is 1.82. The molecule has 2 aromatic heterocycles. The number of nitrogens with one attached hydrogen (secondary N) is 1. The quantitative estimate of drug-likeness (QED) is 0.683. The number of carboxylic acid groups (broad SMARTS) is 1. The second-order valence-corrected chi connectivity index (χ2v) is 2.86. The molecule has 0 saturated heterocycles. The monoisotopic (exact) mass is 208 g/mol. The molecule has 2 N–H and O–H groups in total. The molecule has 0 amide bonds. The minimum absolute atomic E-state index is 0.225. The van der Waals surface area contributed by atoms with Crippen molar-refractivity contribution in [2.24, 2.45) is 7.05 Å². The lowest BCUT2D eigenvalue weighted by molar-refractivity contribution is -0.134. The first-order valence-corrected chi connectivity index (χ1v) is 4.15. The Kier molecular flexibility index (Phi) is 2.16. The van der Waals surface area contributed by atoms with Gasteiger partial charge in [0, 0.05) is 7.05 Å². The van der Waals surface area contributed by atoms with Gasteiger partial charge in [0.05, 0.1) is 6.20 Å². The van der Waals surface area contributed by atoms with Gasteiger partial charge in [0.2, 0.25) is 5.95 Å². The molecule has 0 aliphatic heterocycles. The highest BCUT2D eigenvalue weighted by Gasteiger charge is 2.05. The van der Waals surface area contributed by atoms with E-state index in [-0.39, 0.29) is 12.5 Å². The van der Waals surface area contributed by atoms with E-state index in [2.05, 4.69) is 25.6 Å². The van der Waals surface area contributed by atoms with Crippen molar-refractivity contribution in [3.63, 3.8) is 0 Å². The summed E-state index contributed by atoms with van der Waals surface area (Å²) in [6.45, 7) is -0.225. The molecule has 8 heteroatoms. The molecule has 0 aromatic carbocycles. The SMILES string of the molecule is Cn1nnc2cnc(NCC(=O)O)nc21. The predicted octanol–water partition coefficient (Wildman–Crippen LogP) is -0.745. The molecule has 2 aromatic rings. The number of carbonyl (C=O) groups is 1. The van der Waals surface area contributed by atoms with Gasteiger partial charge in [-0.05, 0) is 0 Å². The van der Waals surface area contributed by atoms with Gasteiger partial charge >= 0.3 is 5.97 Å². The van der Waals surface area contributed by atoms with Gasteiger partial charge in [0.25, 0.3) is 0 Å². The van der Waals surface area contributed by atoms with E-state index in [4.69, 9.17) is 5.11 Å². The van der Waals surface area contributed by atoms with Crippen LogP contribution >= 0.6 is 0 Å². The minimum Gasteiger partial charge on any atom is -0.480 e. The van der Waals surface area contributed by atoms with E-state index < -0.39 is 5.97 Å². The Balaban J connectivity index is 2.29. The van der Waals surface area contributed by atoms with Crippen molar-refractivity contribution in [3.8, 4) is 0 Å². The molecule has 0 fully saturated rings. The van der Waals surface area contributed by atoms with E-state index in [1.54, 1.807) is 7.05 Å². The second-order valence-electron chi connectivity index (χ2n) is 2.86. The van der Waals surface area contributed by atoms with Crippen LogP contribution in [-0.4, -0.2) is 42.6 Å².